The molecule has 4 heterocycles. The third kappa shape index (κ3) is 20.6. The molecule has 29 heteroatoms. The number of aromatic amines is 1. The molecule has 0 unspecified atom stereocenters. The topological polar surface area (TPSA) is 427 Å². The van der Waals surface area contributed by atoms with E-state index in [0.29, 0.717) is 50.0 Å². The summed E-state index contributed by atoms with van der Waals surface area (Å²) in [6.07, 6.45) is 4.08. The first-order chi connectivity index (χ1) is 42.2. The fourth-order valence-electron chi connectivity index (χ4n) is 11.5. The Hall–Kier alpha value is -7.37. The lowest BCUT2D eigenvalue weighted by molar-refractivity contribution is -0.150. The smallest absolute Gasteiger partial charge is 0.326 e. The van der Waals surface area contributed by atoms with Crippen molar-refractivity contribution < 1.29 is 72.9 Å². The molecule has 0 bridgehead atoms. The number of rotatable bonds is 34. The summed E-state index contributed by atoms with van der Waals surface area (Å²) < 4.78 is 0. The van der Waals surface area contributed by atoms with E-state index in [-0.39, 0.29) is 82.8 Å². The standard InChI is InChI=1S/C60H93N13O15S/c1-32(2)27-38(62)51(78)66-40(17-10-11-22-61)52(79)64-34(5)50(77)65-41(21-26-89-7)53(80)68-43(30-48(75)76)57(84)71-23-12-19-46(71)56(83)70-49(35(6)74)59(86)73-25-14-20-47(73)58(85)72-24-13-18-45(72)55(82)67-42(28-33(3)4)54(81)69-44(60(87)88)29-36-31-63-39-16-9-8-15-37(36)39/h8-9,15-16,31-35,38,40-47,49,63,74H,10-14,17-30,61-62H2,1-7H3,(H,64,79)(H,65,77)(H,66,78)(H,67,82)(H,68,80)(H,69,81)(H,70,83)(H,75,76)(H,87,88)/t34-,35+,38-,40-,41-,42-,43-,44-,45-,46-,47-,49-/m0/s1. The van der Waals surface area contributed by atoms with E-state index >= 15 is 0 Å². The van der Waals surface area contributed by atoms with Crippen LogP contribution in [0.4, 0.5) is 0 Å². The van der Waals surface area contributed by atoms with E-state index in [1.54, 1.807) is 12.5 Å². The largest absolute Gasteiger partial charge is 0.481 e. The van der Waals surface area contributed by atoms with Gasteiger partial charge in [0.2, 0.25) is 59.1 Å². The second-order valence-corrected chi connectivity index (χ2v) is 25.2. The van der Waals surface area contributed by atoms with E-state index in [0.717, 1.165) is 15.8 Å². The van der Waals surface area contributed by atoms with Crippen molar-refractivity contribution in [2.75, 3.05) is 38.2 Å². The number of hydrogen-bond donors (Lipinski definition) is 13. The van der Waals surface area contributed by atoms with Gasteiger partial charge in [0.15, 0.2) is 0 Å². The number of aliphatic carboxylic acids is 2. The molecule has 15 N–H and O–H groups in total. The molecule has 3 aliphatic rings. The zero-order chi connectivity index (χ0) is 65.8. The number of carbonyl (C=O) groups excluding carboxylic acids is 10. The average Bonchev–Trinajstić information content (AvgIpc) is 2.03. The van der Waals surface area contributed by atoms with E-state index in [1.165, 1.54) is 35.4 Å². The third-order valence-corrected chi connectivity index (χ3v) is 16.9. The fraction of sp³-hybridized carbons (Fsp3) is 0.667. The first-order valence-corrected chi connectivity index (χ1v) is 32.2. The molecule has 0 aliphatic carbocycles. The highest BCUT2D eigenvalue weighted by Gasteiger charge is 2.47. The average molecular weight is 1270 g/mol. The second kappa shape index (κ2) is 34.6. The first-order valence-electron chi connectivity index (χ1n) is 30.8. The van der Waals surface area contributed by atoms with E-state index in [2.05, 4.69) is 42.2 Å². The summed E-state index contributed by atoms with van der Waals surface area (Å²) in [6, 6.07) is -6.63. The molecule has 0 radical (unpaired) electrons. The van der Waals surface area contributed by atoms with Crippen molar-refractivity contribution in [1.29, 1.82) is 0 Å². The summed E-state index contributed by atoms with van der Waals surface area (Å²) in [5.41, 5.74) is 13.2. The molecular weight excluding hydrogens is 1170 g/mol. The highest BCUT2D eigenvalue weighted by Crippen LogP contribution is 2.28. The minimum absolute atomic E-state index is 0.00517. The van der Waals surface area contributed by atoms with E-state index in [9.17, 15) is 72.9 Å². The Kier molecular flexibility index (Phi) is 28.1. The van der Waals surface area contributed by atoms with Gasteiger partial charge in [-0.25, -0.2) is 4.79 Å². The molecule has 3 fully saturated rings. The SMILES string of the molecule is CSCC[C@H](NC(=O)[C@H](C)NC(=O)[C@H](CCCCN)NC(=O)[C@@H](N)CC(C)C)C(=O)N[C@@H](CC(=O)O)C(=O)N1CCC[C@H]1C(=O)N[C@H](C(=O)N1CCC[C@H]1C(=O)N1CCC[C@H]1C(=O)N[C@@H](CC(C)C)C(=O)N[C@@H](Cc1c[nH]c2ccccc12)C(=O)O)[C@@H](C)O. The Labute approximate surface area is 523 Å². The minimum Gasteiger partial charge on any atom is -0.481 e. The summed E-state index contributed by atoms with van der Waals surface area (Å²) in [5.74, 6) is -10.0. The number of aromatic nitrogens is 1. The lowest BCUT2D eigenvalue weighted by Crippen LogP contribution is -2.61. The number of fused-ring (bicyclic) bond motifs is 1. The molecule has 0 saturated carbocycles. The van der Waals surface area contributed by atoms with Gasteiger partial charge in [-0.1, -0.05) is 45.9 Å². The van der Waals surface area contributed by atoms with Gasteiger partial charge in [0.25, 0.3) is 0 Å². The molecule has 2 aromatic rings. The van der Waals surface area contributed by atoms with Gasteiger partial charge in [0.05, 0.1) is 18.6 Å². The number of aliphatic hydroxyl groups excluding tert-OH is 1. The number of H-pyrrole nitrogens is 1. The van der Waals surface area contributed by atoms with Crippen molar-refractivity contribution in [3.63, 3.8) is 0 Å². The van der Waals surface area contributed by atoms with Crippen molar-refractivity contribution in [2.45, 2.75) is 204 Å². The van der Waals surface area contributed by atoms with Gasteiger partial charge in [0, 0.05) is 43.2 Å². The summed E-state index contributed by atoms with van der Waals surface area (Å²) in [5, 5.41) is 50.2. The predicted molar refractivity (Wildman–Crippen MR) is 330 cm³/mol. The molecule has 12 atom stereocenters. The summed E-state index contributed by atoms with van der Waals surface area (Å²) in [4.78, 5) is 171. The van der Waals surface area contributed by atoms with Gasteiger partial charge in [-0.3, -0.25) is 52.7 Å². The number of benzene rings is 1. The molecule has 3 saturated heterocycles. The van der Waals surface area contributed by atoms with Gasteiger partial charge in [-0.05, 0) is 133 Å². The Morgan fingerprint density at radius 1 is 0.618 bits per heavy atom. The molecule has 3 aliphatic heterocycles. The summed E-state index contributed by atoms with van der Waals surface area (Å²) in [7, 11) is 0. The third-order valence-electron chi connectivity index (χ3n) is 16.2. The number of nitrogens with two attached hydrogens (primary N) is 2. The number of aliphatic hydroxyl groups is 1. The summed E-state index contributed by atoms with van der Waals surface area (Å²) >= 11 is 1.33. The molecule has 494 valence electrons. The maximum atomic E-state index is 14.5. The number of amides is 10. The molecule has 89 heavy (non-hydrogen) atoms. The molecule has 0 spiro atoms. The van der Waals surface area contributed by atoms with Crippen LogP contribution in [0.1, 0.15) is 131 Å². The fourth-order valence-corrected chi connectivity index (χ4v) is 12.0. The number of nitrogens with zero attached hydrogens (tertiary/aromatic N) is 3. The number of carboxylic acid groups (broad SMARTS) is 2. The molecular formula is C60H93N13O15S. The normalized spacial score (nSPS) is 19.7. The van der Waals surface area contributed by atoms with Gasteiger partial charge in [-0.2, -0.15) is 11.8 Å². The van der Waals surface area contributed by atoms with Crippen LogP contribution < -0.4 is 48.7 Å². The van der Waals surface area contributed by atoms with Crippen LogP contribution in [0.5, 0.6) is 0 Å². The number of thioether (sulfide) groups is 1. The van der Waals surface area contributed by atoms with Crippen LogP contribution in [-0.4, -0.2) is 217 Å². The van der Waals surface area contributed by atoms with Crippen LogP contribution in [0.15, 0.2) is 30.5 Å². The van der Waals surface area contributed by atoms with Crippen molar-refractivity contribution in [3.05, 3.63) is 36.0 Å². The van der Waals surface area contributed by atoms with Crippen LogP contribution in [0, 0.1) is 11.8 Å². The number of unbranched alkanes of at least 4 members (excludes halogenated alkanes) is 1. The molecule has 1 aromatic heterocycles. The van der Waals surface area contributed by atoms with E-state index < -0.39 is 150 Å². The lowest BCUT2D eigenvalue weighted by atomic mass is 10.0. The number of carboxylic acids is 2. The predicted octanol–water partition coefficient (Wildman–Crippen LogP) is -0.661. The van der Waals surface area contributed by atoms with E-state index in [4.69, 9.17) is 11.5 Å². The number of carbonyl (C=O) groups is 12. The monoisotopic (exact) mass is 1270 g/mol. The number of nitrogens with one attached hydrogen (secondary N) is 8. The highest BCUT2D eigenvalue weighted by molar-refractivity contribution is 7.98. The van der Waals surface area contributed by atoms with Crippen LogP contribution in [-0.2, 0) is 64.0 Å². The molecule has 10 amide bonds. The Morgan fingerprint density at radius 2 is 1.16 bits per heavy atom. The first kappa shape index (κ1) is 72.4. The Bertz CT molecular complexity index is 2840. The molecule has 5 rings (SSSR count). The number of hydrogen-bond acceptors (Lipinski definition) is 16. The van der Waals surface area contributed by atoms with Crippen molar-refractivity contribution >= 4 is 93.7 Å². The quantitative estimate of drug-likeness (QED) is 0.0387. The number of para-hydroxylation sites is 1. The Balaban J connectivity index is 1.23. The van der Waals surface area contributed by atoms with Crippen molar-refractivity contribution in [3.8, 4) is 0 Å². The van der Waals surface area contributed by atoms with Crippen LogP contribution in [0.2, 0.25) is 0 Å². The Morgan fingerprint density at radius 3 is 1.76 bits per heavy atom. The number of likely N-dealkylation sites (tertiary alicyclic amines) is 3. The minimum atomic E-state index is -1.76. The maximum absolute atomic E-state index is 14.5. The van der Waals surface area contributed by atoms with Gasteiger partial charge < -0.3 is 83.7 Å². The van der Waals surface area contributed by atoms with Crippen molar-refractivity contribution in [1.82, 2.24) is 56.9 Å². The highest BCUT2D eigenvalue weighted by atomic mass is 32.2. The molecule has 28 nitrogen and oxygen atoms in total. The van der Waals surface area contributed by atoms with Gasteiger partial charge >= 0.3 is 11.9 Å². The van der Waals surface area contributed by atoms with E-state index in [1.807, 2.05) is 52.0 Å². The zero-order valence-electron chi connectivity index (χ0n) is 52.0. The maximum Gasteiger partial charge on any atom is 0.326 e. The van der Waals surface area contributed by atoms with Crippen LogP contribution in [0.3, 0.4) is 0 Å². The summed E-state index contributed by atoms with van der Waals surface area (Å²) in [6.45, 7) is 10.5. The lowest BCUT2D eigenvalue weighted by Gasteiger charge is -2.34. The van der Waals surface area contributed by atoms with Gasteiger partial charge in [-0.15, -0.1) is 0 Å². The van der Waals surface area contributed by atoms with Crippen molar-refractivity contribution in [2.24, 2.45) is 23.3 Å². The second-order valence-electron chi connectivity index (χ2n) is 24.3. The zero-order valence-corrected chi connectivity index (χ0v) is 52.9. The van der Waals surface area contributed by atoms with Crippen LogP contribution >= 0.6 is 11.8 Å². The van der Waals surface area contributed by atoms with Gasteiger partial charge in [0.1, 0.15) is 60.4 Å². The molecule has 1 aromatic carbocycles. The van der Waals surface area contributed by atoms with Crippen LogP contribution in [0.25, 0.3) is 10.9 Å².